The van der Waals surface area contributed by atoms with E-state index in [2.05, 4.69) is 150 Å². The van der Waals surface area contributed by atoms with Crippen LogP contribution in [0.2, 0.25) is 0 Å². The Bertz CT molecular complexity index is 4020. The Balaban J connectivity index is 0.871. The monoisotopic (exact) mass is 858 g/mol. The summed E-state index contributed by atoms with van der Waals surface area (Å²) in [7, 11) is 0. The molecule has 0 radical (unpaired) electrons. The van der Waals surface area contributed by atoms with E-state index < -0.39 is 0 Å². The highest BCUT2D eigenvalue weighted by atomic mass is 16.4. The summed E-state index contributed by atoms with van der Waals surface area (Å²) in [6.07, 6.45) is 0. The van der Waals surface area contributed by atoms with Crippen LogP contribution < -0.4 is 0 Å². The summed E-state index contributed by atoms with van der Waals surface area (Å²) in [4.78, 5) is 25.0. The summed E-state index contributed by atoms with van der Waals surface area (Å²) in [6, 6.07) is 71.1. The average molecular weight is 859 g/mol. The van der Waals surface area contributed by atoms with Gasteiger partial charge in [0.1, 0.15) is 11.0 Å². The molecule has 14 aromatic rings. The molecule has 8 heteroatoms. The molecule has 0 unspecified atom stereocenters. The number of para-hydroxylation sites is 6. The highest BCUT2D eigenvalue weighted by molar-refractivity contribution is 6.09. The SMILES string of the molecule is c1ccc2oc(-c3ccc4cc(-c5nc(-c6ccc7cc(-c8nc9ccccc9o8)ccc7c6)nc(-c6ccc7cc(-n8c9ccccc9c9ccccc98)ccc7c6)n5)ccc4c3)nc2c1. The highest BCUT2D eigenvalue weighted by Gasteiger charge is 2.17. The summed E-state index contributed by atoms with van der Waals surface area (Å²) in [6.45, 7) is 0. The Morgan fingerprint density at radius 3 is 1.10 bits per heavy atom. The number of nitrogens with zero attached hydrogens (tertiary/aromatic N) is 6. The molecule has 0 fully saturated rings. The third kappa shape index (κ3) is 6.26. The molecular weight excluding hydrogens is 825 g/mol. The summed E-state index contributed by atoms with van der Waals surface area (Å²) in [5.41, 5.74) is 11.2. The molecule has 0 spiro atoms. The number of fused-ring (bicyclic) bond motifs is 8. The van der Waals surface area contributed by atoms with Crippen molar-refractivity contribution in [1.82, 2.24) is 29.5 Å². The van der Waals surface area contributed by atoms with E-state index in [4.69, 9.17) is 33.8 Å². The lowest BCUT2D eigenvalue weighted by Gasteiger charge is -2.12. The summed E-state index contributed by atoms with van der Waals surface area (Å²) < 4.78 is 14.6. The van der Waals surface area contributed by atoms with E-state index in [1.54, 1.807) is 0 Å². The first-order valence-electron chi connectivity index (χ1n) is 22.2. The van der Waals surface area contributed by atoms with Crippen LogP contribution in [0.1, 0.15) is 0 Å². The van der Waals surface area contributed by atoms with Crippen LogP contribution >= 0.6 is 0 Å². The van der Waals surface area contributed by atoms with Crippen molar-refractivity contribution in [1.29, 1.82) is 0 Å². The maximum Gasteiger partial charge on any atom is 0.227 e. The number of aromatic nitrogens is 6. The van der Waals surface area contributed by atoms with E-state index in [-0.39, 0.29) is 0 Å². The van der Waals surface area contributed by atoms with Gasteiger partial charge in [-0.1, -0.05) is 115 Å². The third-order valence-electron chi connectivity index (χ3n) is 12.8. The Morgan fingerprint density at radius 2 is 0.657 bits per heavy atom. The van der Waals surface area contributed by atoms with Gasteiger partial charge in [-0.3, -0.25) is 0 Å². The second-order valence-corrected chi connectivity index (χ2v) is 16.9. The van der Waals surface area contributed by atoms with Crippen molar-refractivity contribution < 1.29 is 8.83 Å². The van der Waals surface area contributed by atoms with Crippen molar-refractivity contribution in [3.05, 3.63) is 206 Å². The average Bonchev–Trinajstić information content (AvgIpc) is 4.12. The lowest BCUT2D eigenvalue weighted by molar-refractivity contribution is 0.619. The van der Waals surface area contributed by atoms with Crippen molar-refractivity contribution in [2.24, 2.45) is 0 Å². The molecular formula is C59H34N6O2. The Labute approximate surface area is 382 Å². The van der Waals surface area contributed by atoms with Crippen molar-refractivity contribution >= 4 is 76.3 Å². The van der Waals surface area contributed by atoms with Crippen LogP contribution in [0, 0.1) is 0 Å². The van der Waals surface area contributed by atoms with Gasteiger partial charge in [0.15, 0.2) is 28.6 Å². The van der Waals surface area contributed by atoms with E-state index in [0.717, 1.165) is 88.0 Å². The molecule has 0 bridgehead atoms. The van der Waals surface area contributed by atoms with E-state index >= 15 is 0 Å². The Hall–Kier alpha value is -9.27. The molecule has 8 nitrogen and oxygen atoms in total. The van der Waals surface area contributed by atoms with Crippen LogP contribution in [0.25, 0.3) is 139 Å². The highest BCUT2D eigenvalue weighted by Crippen LogP contribution is 2.36. The zero-order chi connectivity index (χ0) is 44.0. The van der Waals surface area contributed by atoms with Gasteiger partial charge in [0.25, 0.3) is 0 Å². The zero-order valence-corrected chi connectivity index (χ0v) is 35.6. The number of hydrogen-bond acceptors (Lipinski definition) is 7. The minimum atomic E-state index is 0.582. The van der Waals surface area contributed by atoms with Crippen molar-refractivity contribution in [2.45, 2.75) is 0 Å². The summed E-state index contributed by atoms with van der Waals surface area (Å²) in [5, 5.41) is 8.89. The maximum absolute atomic E-state index is 6.10. The van der Waals surface area contributed by atoms with Crippen LogP contribution in [0.5, 0.6) is 0 Å². The van der Waals surface area contributed by atoms with E-state index in [1.165, 1.54) is 21.8 Å². The van der Waals surface area contributed by atoms with Crippen LogP contribution in [0.4, 0.5) is 0 Å². The molecule has 14 rings (SSSR count). The van der Waals surface area contributed by atoms with Crippen molar-refractivity contribution in [3.63, 3.8) is 0 Å². The van der Waals surface area contributed by atoms with Crippen LogP contribution in [0.3, 0.4) is 0 Å². The molecule has 0 saturated carbocycles. The normalized spacial score (nSPS) is 11.9. The third-order valence-corrected chi connectivity index (χ3v) is 12.8. The van der Waals surface area contributed by atoms with Gasteiger partial charge in [-0.2, -0.15) is 0 Å². The minimum Gasteiger partial charge on any atom is -0.436 e. The van der Waals surface area contributed by atoms with Crippen LogP contribution in [-0.2, 0) is 0 Å². The standard InChI is InChI=1S/C59H34N6O2/c1-5-13-51-47(9-1)48-10-2-6-14-52(48)65(51)46-28-27-39-31-43(24-19-40(39)34-46)57-63-55(41-22-17-37-32-44(25-20-35(37)29-41)58-60-49-11-3-7-15-53(49)66-58)62-56(64-57)42-23-18-38-33-45(26-21-36(38)30-42)59-61-50-12-4-8-16-54(50)67-59/h1-34H. The van der Waals surface area contributed by atoms with Gasteiger partial charge in [-0.15, -0.1) is 0 Å². The fourth-order valence-electron chi connectivity index (χ4n) is 9.50. The Morgan fingerprint density at radius 1 is 0.299 bits per heavy atom. The predicted octanol–water partition coefficient (Wildman–Crippen LogP) is 15.0. The first-order chi connectivity index (χ1) is 33.1. The first-order valence-corrected chi connectivity index (χ1v) is 22.2. The smallest absolute Gasteiger partial charge is 0.227 e. The van der Waals surface area contributed by atoms with Gasteiger partial charge < -0.3 is 13.4 Å². The van der Waals surface area contributed by atoms with Gasteiger partial charge in [-0.25, -0.2) is 24.9 Å². The quantitative estimate of drug-likeness (QED) is 0.164. The van der Waals surface area contributed by atoms with E-state index in [0.29, 0.717) is 29.3 Å². The van der Waals surface area contributed by atoms with Crippen LogP contribution in [0.15, 0.2) is 215 Å². The topological polar surface area (TPSA) is 95.7 Å². The molecule has 67 heavy (non-hydrogen) atoms. The second-order valence-electron chi connectivity index (χ2n) is 16.9. The zero-order valence-electron chi connectivity index (χ0n) is 35.6. The largest absolute Gasteiger partial charge is 0.436 e. The molecule has 4 aromatic heterocycles. The molecule has 0 N–H and O–H groups in total. The molecule has 10 aromatic carbocycles. The fraction of sp³-hybridized carbons (Fsp3) is 0. The number of oxazole rings is 2. The lowest BCUT2D eigenvalue weighted by Crippen LogP contribution is -2.00. The molecule has 0 saturated heterocycles. The van der Waals surface area contributed by atoms with Gasteiger partial charge in [-0.05, 0) is 123 Å². The van der Waals surface area contributed by atoms with Gasteiger partial charge in [0.2, 0.25) is 11.8 Å². The number of hydrogen-bond donors (Lipinski definition) is 0. The summed E-state index contributed by atoms with van der Waals surface area (Å²) in [5.74, 6) is 2.94. The van der Waals surface area contributed by atoms with Gasteiger partial charge >= 0.3 is 0 Å². The van der Waals surface area contributed by atoms with Crippen LogP contribution in [-0.4, -0.2) is 29.5 Å². The maximum atomic E-state index is 6.10. The van der Waals surface area contributed by atoms with Crippen molar-refractivity contribution in [3.8, 4) is 62.8 Å². The second kappa shape index (κ2) is 14.6. The Kier molecular flexibility index (Phi) is 8.11. The predicted molar refractivity (Wildman–Crippen MR) is 269 cm³/mol. The van der Waals surface area contributed by atoms with E-state index in [9.17, 15) is 0 Å². The summed E-state index contributed by atoms with van der Waals surface area (Å²) >= 11 is 0. The van der Waals surface area contributed by atoms with E-state index in [1.807, 2.05) is 60.7 Å². The lowest BCUT2D eigenvalue weighted by atomic mass is 10.0. The number of benzene rings is 10. The van der Waals surface area contributed by atoms with Gasteiger partial charge in [0, 0.05) is 44.3 Å². The molecule has 0 aliphatic heterocycles. The van der Waals surface area contributed by atoms with Gasteiger partial charge in [0.05, 0.1) is 11.0 Å². The number of rotatable bonds is 6. The van der Waals surface area contributed by atoms with Crippen molar-refractivity contribution in [2.75, 3.05) is 0 Å². The first kappa shape index (κ1) is 37.1. The molecule has 4 heterocycles. The molecule has 0 amide bonds. The molecule has 312 valence electrons. The fourth-order valence-corrected chi connectivity index (χ4v) is 9.50. The molecule has 0 atom stereocenters. The minimum absolute atomic E-state index is 0.582. The molecule has 0 aliphatic rings. The molecule has 0 aliphatic carbocycles.